The summed E-state index contributed by atoms with van der Waals surface area (Å²) in [5.41, 5.74) is 5.84. The van der Waals surface area contributed by atoms with Gasteiger partial charge < -0.3 is 20.5 Å². The highest BCUT2D eigenvalue weighted by Gasteiger charge is 2.38. The molecular formula is C13H13F3N2O5. The third-order valence-electron chi connectivity index (χ3n) is 2.43. The number of carbonyl (C=O) groups excluding carboxylic acids is 3. The van der Waals surface area contributed by atoms with Crippen molar-refractivity contribution in [1.29, 1.82) is 0 Å². The van der Waals surface area contributed by atoms with E-state index >= 15 is 0 Å². The molecule has 1 rings (SSSR count). The summed E-state index contributed by atoms with van der Waals surface area (Å²) in [4.78, 5) is 33.1. The molecule has 1 atom stereocenters. The van der Waals surface area contributed by atoms with Gasteiger partial charge in [0, 0.05) is 6.54 Å². The van der Waals surface area contributed by atoms with Crippen molar-refractivity contribution in [2.75, 3.05) is 6.54 Å². The van der Waals surface area contributed by atoms with Gasteiger partial charge in [0.05, 0.1) is 0 Å². The van der Waals surface area contributed by atoms with E-state index < -0.39 is 36.8 Å². The first kappa shape index (κ1) is 18.4. The number of amides is 1. The molecule has 0 radical (unpaired) electrons. The number of rotatable bonds is 5. The van der Waals surface area contributed by atoms with E-state index in [-0.39, 0.29) is 6.61 Å². The Morgan fingerprint density at radius 3 is 2.35 bits per heavy atom. The highest BCUT2D eigenvalue weighted by Crippen LogP contribution is 2.13. The quantitative estimate of drug-likeness (QED) is 0.611. The third-order valence-corrected chi connectivity index (χ3v) is 2.43. The first-order valence-corrected chi connectivity index (χ1v) is 6.23. The van der Waals surface area contributed by atoms with E-state index in [0.29, 0.717) is 5.56 Å². The number of hydrogen-bond acceptors (Lipinski definition) is 6. The number of alkyl halides is 3. The summed E-state index contributed by atoms with van der Waals surface area (Å²) in [6.45, 7) is -1.00. The second-order valence-corrected chi connectivity index (χ2v) is 4.26. The van der Waals surface area contributed by atoms with Gasteiger partial charge in [-0.1, -0.05) is 30.3 Å². The smallest absolute Gasteiger partial charge is 0.429 e. The fraction of sp³-hybridized carbons (Fsp3) is 0.308. The van der Waals surface area contributed by atoms with E-state index in [9.17, 15) is 27.6 Å². The average Bonchev–Trinajstić information content (AvgIpc) is 2.50. The van der Waals surface area contributed by atoms with Crippen LogP contribution in [0.1, 0.15) is 5.56 Å². The van der Waals surface area contributed by atoms with Crippen LogP contribution in [0.25, 0.3) is 0 Å². The summed E-state index contributed by atoms with van der Waals surface area (Å²) in [6, 6.07) is 6.83. The minimum atomic E-state index is -5.10. The molecule has 126 valence electrons. The molecule has 1 aromatic rings. The minimum absolute atomic E-state index is 0.160. The Bertz CT molecular complexity index is 562. The Balaban J connectivity index is 2.34. The zero-order valence-corrected chi connectivity index (χ0v) is 11.6. The summed E-state index contributed by atoms with van der Waals surface area (Å²) in [7, 11) is 0. The van der Waals surface area contributed by atoms with Gasteiger partial charge in [0.1, 0.15) is 12.6 Å². The number of benzene rings is 1. The molecule has 0 aliphatic heterocycles. The molecule has 0 bridgehead atoms. The van der Waals surface area contributed by atoms with Crippen LogP contribution in [0.3, 0.4) is 0 Å². The molecule has 1 amide bonds. The molecule has 0 heterocycles. The molecule has 10 heteroatoms. The van der Waals surface area contributed by atoms with Gasteiger partial charge in [0.15, 0.2) is 0 Å². The summed E-state index contributed by atoms with van der Waals surface area (Å²) in [5.74, 6) is -3.59. The van der Waals surface area contributed by atoms with Crippen LogP contribution in [-0.4, -0.2) is 36.8 Å². The maximum absolute atomic E-state index is 11.9. The lowest BCUT2D eigenvalue weighted by Gasteiger charge is -2.12. The van der Waals surface area contributed by atoms with Crippen LogP contribution in [0, 0.1) is 0 Å². The van der Waals surface area contributed by atoms with Crippen LogP contribution in [0.4, 0.5) is 18.0 Å². The van der Waals surface area contributed by atoms with E-state index in [1.54, 1.807) is 30.3 Å². The topological polar surface area (TPSA) is 108 Å². The van der Waals surface area contributed by atoms with Crippen molar-refractivity contribution in [3.8, 4) is 0 Å². The molecule has 0 aliphatic rings. The van der Waals surface area contributed by atoms with Crippen LogP contribution in [0.15, 0.2) is 30.3 Å². The molecule has 1 aromatic carbocycles. The Hall–Kier alpha value is -2.62. The number of esters is 1. The van der Waals surface area contributed by atoms with Crippen molar-refractivity contribution < 1.29 is 37.0 Å². The fourth-order valence-electron chi connectivity index (χ4n) is 1.29. The van der Waals surface area contributed by atoms with Crippen molar-refractivity contribution >= 4 is 18.0 Å². The van der Waals surface area contributed by atoms with Crippen molar-refractivity contribution in [3.63, 3.8) is 0 Å². The molecule has 0 fully saturated rings. The number of ether oxygens (including phenoxy) is 2. The lowest BCUT2D eigenvalue weighted by atomic mass is 10.2. The minimum Gasteiger partial charge on any atom is -0.429 e. The van der Waals surface area contributed by atoms with Crippen LogP contribution < -0.4 is 11.1 Å². The number of nitrogens with one attached hydrogen (secondary N) is 1. The molecule has 23 heavy (non-hydrogen) atoms. The monoisotopic (exact) mass is 334 g/mol. The van der Waals surface area contributed by atoms with Crippen LogP contribution in [0.2, 0.25) is 0 Å². The highest BCUT2D eigenvalue weighted by atomic mass is 19.4. The summed E-state index contributed by atoms with van der Waals surface area (Å²) in [5, 5.41) is 1.39. The second kappa shape index (κ2) is 8.13. The number of hydrogen-bond donors (Lipinski definition) is 2. The van der Waals surface area contributed by atoms with E-state index in [1.165, 1.54) is 5.32 Å². The Kier molecular flexibility index (Phi) is 6.51. The summed E-state index contributed by atoms with van der Waals surface area (Å²) in [6.07, 6.45) is -6.45. The molecule has 0 unspecified atom stereocenters. The van der Waals surface area contributed by atoms with E-state index in [1.807, 2.05) is 0 Å². The second-order valence-electron chi connectivity index (χ2n) is 4.26. The maximum Gasteiger partial charge on any atom is 0.516 e. The number of halogens is 3. The molecule has 0 aliphatic carbocycles. The largest absolute Gasteiger partial charge is 0.516 e. The Labute approximate surface area is 128 Å². The first-order chi connectivity index (χ1) is 10.7. The van der Waals surface area contributed by atoms with Gasteiger partial charge in [0.25, 0.3) is 0 Å². The van der Waals surface area contributed by atoms with Crippen molar-refractivity contribution in [1.82, 2.24) is 5.32 Å². The van der Waals surface area contributed by atoms with Crippen molar-refractivity contribution in [2.45, 2.75) is 18.8 Å². The van der Waals surface area contributed by atoms with Crippen LogP contribution in [-0.2, 0) is 25.7 Å². The summed E-state index contributed by atoms with van der Waals surface area (Å²) < 4.78 is 44.6. The lowest BCUT2D eigenvalue weighted by molar-refractivity contribution is -0.173. The highest BCUT2D eigenvalue weighted by molar-refractivity contribution is 5.87. The molecule has 0 aromatic heterocycles. The normalized spacial score (nSPS) is 12.2. The van der Waals surface area contributed by atoms with Gasteiger partial charge in [-0.25, -0.2) is 9.59 Å². The van der Waals surface area contributed by atoms with Crippen LogP contribution in [0.5, 0.6) is 0 Å². The van der Waals surface area contributed by atoms with E-state index in [2.05, 4.69) is 9.47 Å². The van der Waals surface area contributed by atoms with Crippen LogP contribution >= 0.6 is 0 Å². The standard InChI is InChI=1S/C13H13F3N2O5/c14-13(15,16)11(20)18-6-9(17)10(19)23-12(21)22-7-8-4-2-1-3-5-8/h1-5,9H,6-7,17H2,(H,18,20)/t9-/m0/s1. The Morgan fingerprint density at radius 2 is 1.78 bits per heavy atom. The first-order valence-electron chi connectivity index (χ1n) is 6.23. The van der Waals surface area contributed by atoms with Gasteiger partial charge >= 0.3 is 24.2 Å². The molecule has 0 saturated carbocycles. The lowest BCUT2D eigenvalue weighted by Crippen LogP contribution is -2.47. The third kappa shape index (κ3) is 6.78. The zero-order valence-electron chi connectivity index (χ0n) is 11.6. The molecule has 0 saturated heterocycles. The molecule has 7 nitrogen and oxygen atoms in total. The average molecular weight is 334 g/mol. The SMILES string of the molecule is N[C@@H](CNC(=O)C(F)(F)F)C(=O)OC(=O)OCc1ccccc1. The van der Waals surface area contributed by atoms with Crippen molar-refractivity contribution in [2.24, 2.45) is 5.73 Å². The van der Waals surface area contributed by atoms with Gasteiger partial charge in [0.2, 0.25) is 0 Å². The number of carbonyl (C=O) groups is 3. The maximum atomic E-state index is 11.9. The molecular weight excluding hydrogens is 321 g/mol. The predicted molar refractivity (Wildman–Crippen MR) is 69.8 cm³/mol. The van der Waals surface area contributed by atoms with Gasteiger partial charge in [-0.05, 0) is 5.56 Å². The molecule has 0 spiro atoms. The Morgan fingerprint density at radius 1 is 1.17 bits per heavy atom. The van der Waals surface area contributed by atoms with E-state index in [4.69, 9.17) is 5.73 Å². The van der Waals surface area contributed by atoms with E-state index in [0.717, 1.165) is 0 Å². The van der Waals surface area contributed by atoms with Gasteiger partial charge in [-0.15, -0.1) is 0 Å². The summed E-state index contributed by atoms with van der Waals surface area (Å²) >= 11 is 0. The fourth-order valence-corrected chi connectivity index (χ4v) is 1.29. The van der Waals surface area contributed by atoms with Gasteiger partial charge in [-0.3, -0.25) is 4.79 Å². The molecule has 3 N–H and O–H groups in total. The number of nitrogens with two attached hydrogens (primary N) is 1. The van der Waals surface area contributed by atoms with Gasteiger partial charge in [-0.2, -0.15) is 13.2 Å². The van der Waals surface area contributed by atoms with Crippen molar-refractivity contribution in [3.05, 3.63) is 35.9 Å². The predicted octanol–water partition coefficient (Wildman–Crippen LogP) is 0.872. The zero-order chi connectivity index (χ0) is 17.5.